The molecule has 1 fully saturated rings. The van der Waals surface area contributed by atoms with Crippen molar-refractivity contribution < 1.29 is 4.79 Å². The largest absolute Gasteiger partial charge is 0.346 e. The van der Waals surface area contributed by atoms with Crippen molar-refractivity contribution in [2.45, 2.75) is 33.6 Å². The molecule has 116 valence electrons. The molecule has 4 nitrogen and oxygen atoms in total. The smallest absolute Gasteiger partial charge is 0.323 e. The molecule has 2 heterocycles. The summed E-state index contributed by atoms with van der Waals surface area (Å²) in [5.41, 5.74) is 3.49. The molecule has 22 heavy (non-hydrogen) atoms. The maximum Gasteiger partial charge on any atom is 0.346 e. The van der Waals surface area contributed by atoms with Crippen molar-refractivity contribution in [1.82, 2.24) is 9.47 Å². The van der Waals surface area contributed by atoms with Crippen molar-refractivity contribution >= 4 is 17.4 Å². The molecular weight excluding hydrogens is 294 g/mol. The van der Waals surface area contributed by atoms with Gasteiger partial charge in [-0.3, -0.25) is 4.57 Å². The van der Waals surface area contributed by atoms with Gasteiger partial charge in [-0.2, -0.15) is 4.99 Å². The average molecular weight is 315 g/mol. The first-order chi connectivity index (χ1) is 10.5. The highest BCUT2D eigenvalue weighted by atomic mass is 32.1. The molecule has 0 aliphatic carbocycles. The van der Waals surface area contributed by atoms with Crippen LogP contribution >= 0.6 is 11.3 Å². The molecule has 3 rings (SSSR count). The van der Waals surface area contributed by atoms with Crippen LogP contribution in [0.3, 0.4) is 0 Å². The highest BCUT2D eigenvalue weighted by molar-refractivity contribution is 7.09. The lowest BCUT2D eigenvalue weighted by molar-refractivity contribution is 0.218. The lowest BCUT2D eigenvalue weighted by Gasteiger charge is -2.11. The van der Waals surface area contributed by atoms with Crippen LogP contribution in [-0.4, -0.2) is 28.6 Å². The van der Waals surface area contributed by atoms with Gasteiger partial charge in [-0.25, -0.2) is 4.79 Å². The third kappa shape index (κ3) is 3.14. The predicted molar refractivity (Wildman–Crippen MR) is 89.6 cm³/mol. The van der Waals surface area contributed by atoms with Gasteiger partial charge in [0.2, 0.25) is 0 Å². The van der Waals surface area contributed by atoms with Crippen LogP contribution < -0.4 is 4.80 Å². The van der Waals surface area contributed by atoms with E-state index in [1.165, 1.54) is 11.1 Å². The molecule has 0 N–H and O–H groups in total. The third-order valence-corrected chi connectivity index (χ3v) is 4.72. The summed E-state index contributed by atoms with van der Waals surface area (Å²) in [6.07, 6.45) is 4.22. The predicted octanol–water partition coefficient (Wildman–Crippen LogP) is 3.58. The second-order valence-corrected chi connectivity index (χ2v) is 7.14. The second kappa shape index (κ2) is 6.08. The number of likely N-dealkylation sites (tertiary alicyclic amines) is 1. The minimum atomic E-state index is -0.113. The Balaban J connectivity index is 2.04. The molecule has 0 saturated carbocycles. The van der Waals surface area contributed by atoms with E-state index in [1.807, 2.05) is 16.4 Å². The summed E-state index contributed by atoms with van der Waals surface area (Å²) in [6, 6.07) is 6.28. The van der Waals surface area contributed by atoms with E-state index >= 15 is 0 Å². The van der Waals surface area contributed by atoms with Crippen LogP contribution in [0.1, 0.15) is 28.8 Å². The summed E-state index contributed by atoms with van der Waals surface area (Å²) >= 11 is 1.56. The quantitative estimate of drug-likeness (QED) is 0.792. The first kappa shape index (κ1) is 15.0. The number of rotatable bonds is 1. The molecule has 0 radical (unpaired) electrons. The van der Waals surface area contributed by atoms with E-state index in [0.717, 1.165) is 41.3 Å². The molecule has 0 atom stereocenters. The van der Waals surface area contributed by atoms with Gasteiger partial charge in [0.1, 0.15) is 0 Å². The topological polar surface area (TPSA) is 37.6 Å². The van der Waals surface area contributed by atoms with Crippen LogP contribution in [0.25, 0.3) is 5.69 Å². The monoisotopic (exact) mass is 315 g/mol. The molecule has 1 aromatic carbocycles. The zero-order valence-corrected chi connectivity index (χ0v) is 14.1. The summed E-state index contributed by atoms with van der Waals surface area (Å²) in [6.45, 7) is 7.88. The average Bonchev–Trinajstić information content (AvgIpc) is 3.07. The van der Waals surface area contributed by atoms with E-state index in [-0.39, 0.29) is 6.03 Å². The lowest BCUT2D eigenvalue weighted by atomic mass is 10.1. The van der Waals surface area contributed by atoms with Crippen molar-refractivity contribution in [3.63, 3.8) is 0 Å². The molecule has 5 heteroatoms. The van der Waals surface area contributed by atoms with Crippen molar-refractivity contribution in [3.05, 3.63) is 45.2 Å². The van der Waals surface area contributed by atoms with Gasteiger partial charge >= 0.3 is 6.03 Å². The van der Waals surface area contributed by atoms with Crippen molar-refractivity contribution in [3.8, 4) is 5.69 Å². The van der Waals surface area contributed by atoms with E-state index < -0.39 is 0 Å². The van der Waals surface area contributed by atoms with Gasteiger partial charge in [-0.1, -0.05) is 6.07 Å². The van der Waals surface area contributed by atoms with Crippen LogP contribution in [0.2, 0.25) is 0 Å². The minimum absolute atomic E-state index is 0.113. The summed E-state index contributed by atoms with van der Waals surface area (Å²) in [5.74, 6) is 0. The van der Waals surface area contributed by atoms with E-state index in [0.29, 0.717) is 0 Å². The van der Waals surface area contributed by atoms with E-state index in [2.05, 4.69) is 43.2 Å². The number of aryl methyl sites for hydroxylation is 3. The molecule has 1 aliphatic heterocycles. The van der Waals surface area contributed by atoms with Gasteiger partial charge in [0, 0.05) is 29.9 Å². The van der Waals surface area contributed by atoms with Crippen molar-refractivity contribution in [2.24, 2.45) is 4.99 Å². The molecule has 0 spiro atoms. The van der Waals surface area contributed by atoms with Gasteiger partial charge in [0.15, 0.2) is 4.80 Å². The number of thiazole rings is 1. The third-order valence-electron chi connectivity index (χ3n) is 3.82. The normalized spacial score (nSPS) is 15.6. The molecule has 1 aliphatic rings. The number of amides is 2. The first-order valence-electron chi connectivity index (χ1n) is 7.64. The Morgan fingerprint density at radius 3 is 2.36 bits per heavy atom. The maximum atomic E-state index is 12.3. The number of carbonyl (C=O) groups is 1. The fourth-order valence-corrected chi connectivity index (χ4v) is 3.70. The number of nitrogens with zero attached hydrogens (tertiary/aromatic N) is 3. The first-order valence-corrected chi connectivity index (χ1v) is 8.46. The fraction of sp³-hybridized carbons (Fsp3) is 0.412. The molecule has 0 unspecified atom stereocenters. The van der Waals surface area contributed by atoms with Gasteiger partial charge in [0.05, 0.1) is 0 Å². The summed E-state index contributed by atoms with van der Waals surface area (Å²) < 4.78 is 2.02. The number of hydrogen-bond donors (Lipinski definition) is 0. The van der Waals surface area contributed by atoms with Crippen LogP contribution in [0.15, 0.2) is 29.4 Å². The Kier molecular flexibility index (Phi) is 4.16. The number of carbonyl (C=O) groups excluding carboxylic acids is 1. The van der Waals surface area contributed by atoms with Crippen LogP contribution in [0.4, 0.5) is 4.79 Å². The Hall–Kier alpha value is -1.88. The zero-order valence-electron chi connectivity index (χ0n) is 13.3. The van der Waals surface area contributed by atoms with Gasteiger partial charge < -0.3 is 4.90 Å². The van der Waals surface area contributed by atoms with Crippen molar-refractivity contribution in [1.29, 1.82) is 0 Å². The standard InChI is InChI=1S/C17H21N3OS/c1-12-8-13(2)10-15(9-12)20-11-14(3)22-17(20)18-16(21)19-6-4-5-7-19/h8-11H,4-7H2,1-3H3. The summed E-state index contributed by atoms with van der Waals surface area (Å²) in [7, 11) is 0. The Morgan fingerprint density at radius 1 is 1.09 bits per heavy atom. The Bertz CT molecular complexity index is 746. The SMILES string of the molecule is Cc1cc(C)cc(-n2cc(C)sc2=NC(=O)N2CCCC2)c1. The molecule has 2 amide bonds. The minimum Gasteiger partial charge on any atom is -0.323 e. The van der Waals surface area contributed by atoms with Crippen molar-refractivity contribution in [2.75, 3.05) is 13.1 Å². The van der Waals surface area contributed by atoms with E-state index in [9.17, 15) is 4.79 Å². The van der Waals surface area contributed by atoms with Gasteiger partial charge in [0.25, 0.3) is 0 Å². The lowest BCUT2D eigenvalue weighted by Crippen LogP contribution is -2.27. The van der Waals surface area contributed by atoms with Crippen LogP contribution in [-0.2, 0) is 0 Å². The van der Waals surface area contributed by atoms with Gasteiger partial charge in [-0.15, -0.1) is 11.3 Å². The molecule has 1 aromatic heterocycles. The highest BCUT2D eigenvalue weighted by Gasteiger charge is 2.17. The molecule has 2 aromatic rings. The van der Waals surface area contributed by atoms with Crippen LogP contribution in [0, 0.1) is 20.8 Å². The summed E-state index contributed by atoms with van der Waals surface area (Å²) in [5, 5.41) is 0. The highest BCUT2D eigenvalue weighted by Crippen LogP contribution is 2.15. The second-order valence-electron chi connectivity index (χ2n) is 5.93. The number of benzene rings is 1. The number of aromatic nitrogens is 1. The zero-order chi connectivity index (χ0) is 15.7. The number of hydrogen-bond acceptors (Lipinski definition) is 2. The summed E-state index contributed by atoms with van der Waals surface area (Å²) in [4.78, 5) is 20.4. The Labute approximate surface area is 134 Å². The fourth-order valence-electron chi connectivity index (χ4n) is 2.87. The number of urea groups is 1. The Morgan fingerprint density at radius 2 is 1.73 bits per heavy atom. The molecule has 1 saturated heterocycles. The van der Waals surface area contributed by atoms with E-state index in [1.54, 1.807) is 11.3 Å². The maximum absolute atomic E-state index is 12.3. The molecule has 0 bridgehead atoms. The molecular formula is C17H21N3OS. The van der Waals surface area contributed by atoms with E-state index in [4.69, 9.17) is 0 Å². The van der Waals surface area contributed by atoms with Gasteiger partial charge in [-0.05, 0) is 56.9 Å². The van der Waals surface area contributed by atoms with Crippen LogP contribution in [0.5, 0.6) is 0 Å².